The number of aliphatic hydroxyl groups is 1. The molecule has 1 aliphatic heterocycles. The number of likely N-dealkylation sites (N-methyl/N-ethyl adjacent to an activating group) is 1. The van der Waals surface area contributed by atoms with Crippen molar-refractivity contribution in [3.63, 3.8) is 0 Å². The molecule has 8 nitrogen and oxygen atoms in total. The molecule has 3 atom stereocenters. The first-order valence-corrected chi connectivity index (χ1v) is 7.08. The Morgan fingerprint density at radius 3 is 2.70 bits per heavy atom. The van der Waals surface area contributed by atoms with Gasteiger partial charge in [-0.15, -0.1) is 11.8 Å². The van der Waals surface area contributed by atoms with Crippen LogP contribution in [0.25, 0.3) is 0 Å². The quantitative estimate of drug-likeness (QED) is 0.585. The van der Waals surface area contributed by atoms with Gasteiger partial charge in [0.2, 0.25) is 11.8 Å². The third kappa shape index (κ3) is 4.01. The standard InChI is InChI=1S/C11H19N3O5S/c1-12-9(16)6(13-11(18)19-3)5-20-7-4-8(15)14(2)10(7)17/h6-8,15H,4-5H2,1-3H3,(H,12,16)(H,13,18). The molecule has 9 heteroatoms. The highest BCUT2D eigenvalue weighted by Gasteiger charge is 2.37. The zero-order valence-corrected chi connectivity index (χ0v) is 12.4. The average molecular weight is 305 g/mol. The minimum atomic E-state index is -0.799. The number of ether oxygens (including phenoxy) is 1. The van der Waals surface area contributed by atoms with Crippen LogP contribution in [-0.2, 0) is 14.3 Å². The lowest BCUT2D eigenvalue weighted by molar-refractivity contribution is -0.130. The largest absolute Gasteiger partial charge is 0.453 e. The lowest BCUT2D eigenvalue weighted by Crippen LogP contribution is -2.47. The van der Waals surface area contributed by atoms with Crippen molar-refractivity contribution in [1.82, 2.24) is 15.5 Å². The molecule has 1 fully saturated rings. The monoisotopic (exact) mass is 305 g/mol. The Bertz CT molecular complexity index is 392. The second kappa shape index (κ2) is 7.34. The van der Waals surface area contributed by atoms with Gasteiger partial charge in [-0.05, 0) is 0 Å². The van der Waals surface area contributed by atoms with E-state index in [0.29, 0.717) is 6.42 Å². The maximum atomic E-state index is 11.8. The van der Waals surface area contributed by atoms with Gasteiger partial charge in [-0.2, -0.15) is 0 Å². The first kappa shape index (κ1) is 16.6. The van der Waals surface area contributed by atoms with Gasteiger partial charge in [0, 0.05) is 26.3 Å². The number of rotatable bonds is 5. The van der Waals surface area contributed by atoms with Crippen LogP contribution in [0.2, 0.25) is 0 Å². The molecule has 1 rings (SSSR count). The van der Waals surface area contributed by atoms with Crippen LogP contribution in [0.15, 0.2) is 0 Å². The molecule has 0 aromatic rings. The van der Waals surface area contributed by atoms with Gasteiger partial charge in [0.15, 0.2) is 0 Å². The summed E-state index contributed by atoms with van der Waals surface area (Å²) in [6, 6.07) is -0.798. The smallest absolute Gasteiger partial charge is 0.407 e. The summed E-state index contributed by atoms with van der Waals surface area (Å²) in [4.78, 5) is 35.9. The minimum absolute atomic E-state index is 0.184. The molecule has 114 valence electrons. The van der Waals surface area contributed by atoms with E-state index in [2.05, 4.69) is 15.4 Å². The number of thioether (sulfide) groups is 1. The van der Waals surface area contributed by atoms with Crippen molar-refractivity contribution in [2.75, 3.05) is 27.0 Å². The SMILES string of the molecule is CNC(=O)C(CSC1CC(O)N(C)C1=O)NC(=O)OC. The number of carbonyl (C=O) groups is 3. The van der Waals surface area contributed by atoms with E-state index in [0.717, 1.165) is 0 Å². The molecule has 1 aliphatic rings. The van der Waals surface area contributed by atoms with Crippen molar-refractivity contribution in [2.24, 2.45) is 0 Å². The molecule has 0 bridgehead atoms. The van der Waals surface area contributed by atoms with Gasteiger partial charge in [-0.25, -0.2) is 4.79 Å². The van der Waals surface area contributed by atoms with Gasteiger partial charge in [0.25, 0.3) is 0 Å². The van der Waals surface area contributed by atoms with Gasteiger partial charge in [-0.3, -0.25) is 9.59 Å². The molecule has 0 radical (unpaired) electrons. The van der Waals surface area contributed by atoms with Crippen LogP contribution in [0, 0.1) is 0 Å². The summed E-state index contributed by atoms with van der Waals surface area (Å²) in [6.45, 7) is 0. The van der Waals surface area contributed by atoms with E-state index in [-0.39, 0.29) is 17.6 Å². The number of nitrogens with one attached hydrogen (secondary N) is 2. The molecule has 1 saturated heterocycles. The van der Waals surface area contributed by atoms with Gasteiger partial charge in [0.1, 0.15) is 12.3 Å². The predicted molar refractivity (Wildman–Crippen MR) is 73.0 cm³/mol. The fourth-order valence-electron chi connectivity index (χ4n) is 1.73. The van der Waals surface area contributed by atoms with Crippen LogP contribution in [-0.4, -0.2) is 72.4 Å². The highest BCUT2D eigenvalue weighted by molar-refractivity contribution is 8.00. The molecule has 20 heavy (non-hydrogen) atoms. The van der Waals surface area contributed by atoms with E-state index >= 15 is 0 Å². The van der Waals surface area contributed by atoms with Crippen LogP contribution < -0.4 is 10.6 Å². The van der Waals surface area contributed by atoms with Crippen molar-refractivity contribution >= 4 is 29.7 Å². The van der Waals surface area contributed by atoms with E-state index in [1.807, 2.05) is 0 Å². The van der Waals surface area contributed by atoms with E-state index in [4.69, 9.17) is 0 Å². The van der Waals surface area contributed by atoms with Gasteiger partial charge >= 0.3 is 6.09 Å². The van der Waals surface area contributed by atoms with Crippen molar-refractivity contribution in [3.05, 3.63) is 0 Å². The van der Waals surface area contributed by atoms with Crippen LogP contribution in [0.5, 0.6) is 0 Å². The molecule has 1 heterocycles. The number of aliphatic hydroxyl groups excluding tert-OH is 1. The number of methoxy groups -OCH3 is 1. The second-order valence-electron chi connectivity index (χ2n) is 4.29. The summed E-state index contributed by atoms with van der Waals surface area (Å²) in [6.07, 6.45) is -1.21. The Morgan fingerprint density at radius 1 is 1.60 bits per heavy atom. The number of carbonyl (C=O) groups excluding carboxylic acids is 3. The Kier molecular flexibility index (Phi) is 6.08. The number of amides is 3. The van der Waals surface area contributed by atoms with Gasteiger partial charge < -0.3 is 25.4 Å². The average Bonchev–Trinajstić information content (AvgIpc) is 2.69. The maximum Gasteiger partial charge on any atom is 0.407 e. The number of likely N-dealkylation sites (tertiary alicyclic amines) is 1. The van der Waals surface area contributed by atoms with E-state index in [9.17, 15) is 19.5 Å². The molecule has 0 aliphatic carbocycles. The zero-order chi connectivity index (χ0) is 15.3. The molecule has 0 aromatic heterocycles. The Labute approximate surface area is 121 Å². The van der Waals surface area contributed by atoms with Crippen LogP contribution in [0.4, 0.5) is 4.79 Å². The highest BCUT2D eigenvalue weighted by atomic mass is 32.2. The van der Waals surface area contributed by atoms with Crippen LogP contribution >= 0.6 is 11.8 Å². The normalized spacial score (nSPS) is 23.4. The highest BCUT2D eigenvalue weighted by Crippen LogP contribution is 2.27. The van der Waals surface area contributed by atoms with E-state index < -0.39 is 23.6 Å². The van der Waals surface area contributed by atoms with Crippen LogP contribution in [0.3, 0.4) is 0 Å². The van der Waals surface area contributed by atoms with Gasteiger partial charge in [0.05, 0.1) is 12.4 Å². The summed E-state index contributed by atoms with van der Waals surface area (Å²) in [5.74, 6) is -0.343. The molecule has 3 unspecified atom stereocenters. The summed E-state index contributed by atoms with van der Waals surface area (Å²) in [5, 5.41) is 14.0. The Balaban J connectivity index is 2.56. The molecular weight excluding hydrogens is 286 g/mol. The molecule has 3 amide bonds. The van der Waals surface area contributed by atoms with Crippen molar-refractivity contribution in [3.8, 4) is 0 Å². The fraction of sp³-hybridized carbons (Fsp3) is 0.727. The van der Waals surface area contributed by atoms with Crippen molar-refractivity contribution in [1.29, 1.82) is 0 Å². The lowest BCUT2D eigenvalue weighted by Gasteiger charge is -2.17. The third-order valence-corrected chi connectivity index (χ3v) is 4.32. The number of alkyl carbamates (subject to hydrolysis) is 1. The Hall–Kier alpha value is -1.48. The zero-order valence-electron chi connectivity index (χ0n) is 11.6. The lowest BCUT2D eigenvalue weighted by atomic mass is 10.3. The minimum Gasteiger partial charge on any atom is -0.453 e. The molecule has 3 N–H and O–H groups in total. The maximum absolute atomic E-state index is 11.8. The number of hydrogen-bond acceptors (Lipinski definition) is 6. The van der Waals surface area contributed by atoms with Gasteiger partial charge in [-0.1, -0.05) is 0 Å². The van der Waals surface area contributed by atoms with Crippen molar-refractivity contribution in [2.45, 2.75) is 23.9 Å². The summed E-state index contributed by atoms with van der Waals surface area (Å²) < 4.78 is 4.45. The Morgan fingerprint density at radius 2 is 2.25 bits per heavy atom. The molecular formula is C11H19N3O5S. The van der Waals surface area contributed by atoms with Crippen LogP contribution in [0.1, 0.15) is 6.42 Å². The van der Waals surface area contributed by atoms with E-state index in [1.54, 1.807) is 0 Å². The molecule has 0 saturated carbocycles. The number of hydrogen-bond donors (Lipinski definition) is 3. The summed E-state index contributed by atoms with van der Waals surface area (Å²) >= 11 is 1.22. The second-order valence-corrected chi connectivity index (χ2v) is 5.53. The van der Waals surface area contributed by atoms with E-state index in [1.165, 1.54) is 37.9 Å². The summed E-state index contributed by atoms with van der Waals surface area (Å²) in [5.41, 5.74) is 0. The summed E-state index contributed by atoms with van der Waals surface area (Å²) in [7, 11) is 4.18. The topological polar surface area (TPSA) is 108 Å². The van der Waals surface area contributed by atoms with Crippen molar-refractivity contribution < 1.29 is 24.2 Å². The first-order valence-electron chi connectivity index (χ1n) is 6.03. The molecule has 0 aromatic carbocycles. The predicted octanol–water partition coefficient (Wildman–Crippen LogP) is -1.26. The number of nitrogens with zero attached hydrogens (tertiary/aromatic N) is 1. The fourth-order valence-corrected chi connectivity index (χ4v) is 3.01. The molecule has 0 spiro atoms. The first-order chi connectivity index (χ1) is 9.40. The third-order valence-electron chi connectivity index (χ3n) is 3.00.